The van der Waals surface area contributed by atoms with Crippen molar-refractivity contribution in [2.45, 2.75) is 0 Å². The predicted molar refractivity (Wildman–Crippen MR) is 64.9 cm³/mol. The van der Waals surface area contributed by atoms with Crippen LogP contribution in [0.3, 0.4) is 0 Å². The predicted octanol–water partition coefficient (Wildman–Crippen LogP) is 3.48. The van der Waals surface area contributed by atoms with E-state index < -0.39 is 28.0 Å². The van der Waals surface area contributed by atoms with Crippen LogP contribution in [0, 0.1) is 21.7 Å². The smallest absolute Gasteiger partial charge is 0.311 e. The highest BCUT2D eigenvalue weighted by molar-refractivity contribution is 5.75. The number of benzene rings is 2. The molecule has 2 aromatic rings. The number of carbonyl (C=O) groups is 1. The lowest BCUT2D eigenvalue weighted by atomic mass is 10.2. The van der Waals surface area contributed by atoms with E-state index in [1.54, 1.807) is 0 Å². The van der Waals surface area contributed by atoms with Gasteiger partial charge in [0.25, 0.3) is 0 Å². The third kappa shape index (κ3) is 2.61. The van der Waals surface area contributed by atoms with Gasteiger partial charge in [0.15, 0.2) is 17.4 Å². The Morgan fingerprint density at radius 2 is 1.75 bits per heavy atom. The second-order valence-corrected chi connectivity index (χ2v) is 3.76. The van der Waals surface area contributed by atoms with Crippen LogP contribution in [0.25, 0.3) is 0 Å². The minimum atomic E-state index is -1.12. The summed E-state index contributed by atoms with van der Waals surface area (Å²) in [4.78, 5) is 20.5. The first kappa shape index (κ1) is 13.6. The summed E-state index contributed by atoms with van der Waals surface area (Å²) in [6.07, 6.45) is 0.279. The Bertz CT molecular complexity index is 665. The summed E-state index contributed by atoms with van der Waals surface area (Å²) in [5.74, 6) is -3.34. The molecular weight excluding hydrogens is 272 g/mol. The zero-order valence-corrected chi connectivity index (χ0v) is 9.88. The number of nitro groups is 1. The number of ether oxygens (including phenoxy) is 1. The molecule has 0 aromatic heterocycles. The lowest BCUT2D eigenvalue weighted by Crippen LogP contribution is -1.98. The zero-order chi connectivity index (χ0) is 14.7. The van der Waals surface area contributed by atoms with E-state index in [0.717, 1.165) is 18.2 Å². The van der Waals surface area contributed by atoms with Gasteiger partial charge < -0.3 is 4.74 Å². The first-order valence-corrected chi connectivity index (χ1v) is 5.38. The molecule has 0 fully saturated rings. The van der Waals surface area contributed by atoms with Crippen LogP contribution < -0.4 is 4.74 Å². The fraction of sp³-hybridized carbons (Fsp3) is 0. The quantitative estimate of drug-likeness (QED) is 0.488. The van der Waals surface area contributed by atoms with E-state index in [0.29, 0.717) is 0 Å². The van der Waals surface area contributed by atoms with Crippen molar-refractivity contribution >= 4 is 12.0 Å². The molecule has 0 saturated carbocycles. The molecule has 0 unspecified atom stereocenters. The molecule has 102 valence electrons. The number of aldehydes is 1. The number of hydrogen-bond donors (Lipinski definition) is 0. The van der Waals surface area contributed by atoms with Crippen LogP contribution in [0.15, 0.2) is 36.4 Å². The van der Waals surface area contributed by atoms with Gasteiger partial charge in [-0.1, -0.05) is 12.1 Å². The van der Waals surface area contributed by atoms with E-state index in [9.17, 15) is 23.7 Å². The summed E-state index contributed by atoms with van der Waals surface area (Å²) in [5.41, 5.74) is -0.624. The van der Waals surface area contributed by atoms with Crippen molar-refractivity contribution in [2.75, 3.05) is 0 Å². The molecule has 0 aliphatic rings. The van der Waals surface area contributed by atoms with Gasteiger partial charge in [0.2, 0.25) is 5.75 Å². The molecule has 0 amide bonds. The molecule has 0 spiro atoms. The van der Waals surface area contributed by atoms with E-state index in [4.69, 9.17) is 4.74 Å². The first-order chi connectivity index (χ1) is 9.52. The van der Waals surface area contributed by atoms with Crippen LogP contribution in [-0.2, 0) is 0 Å². The number of nitro benzene ring substituents is 1. The van der Waals surface area contributed by atoms with E-state index in [1.807, 2.05) is 0 Å². The maximum absolute atomic E-state index is 13.6. The maximum atomic E-state index is 13.6. The summed E-state index contributed by atoms with van der Waals surface area (Å²) in [7, 11) is 0. The van der Waals surface area contributed by atoms with E-state index in [1.165, 1.54) is 18.2 Å². The first-order valence-electron chi connectivity index (χ1n) is 5.38. The third-order valence-corrected chi connectivity index (χ3v) is 2.43. The summed E-state index contributed by atoms with van der Waals surface area (Å²) in [6, 6.07) is 6.74. The molecule has 5 nitrogen and oxygen atoms in total. The molecule has 0 saturated heterocycles. The summed E-state index contributed by atoms with van der Waals surface area (Å²) in [5, 5.41) is 10.8. The molecule has 0 aliphatic heterocycles. The summed E-state index contributed by atoms with van der Waals surface area (Å²) < 4.78 is 32.2. The van der Waals surface area contributed by atoms with E-state index in [2.05, 4.69) is 0 Å². The van der Waals surface area contributed by atoms with Crippen LogP contribution in [0.1, 0.15) is 10.4 Å². The van der Waals surface area contributed by atoms with Gasteiger partial charge >= 0.3 is 5.69 Å². The Kier molecular flexibility index (Phi) is 3.69. The summed E-state index contributed by atoms with van der Waals surface area (Å²) in [6.45, 7) is 0. The van der Waals surface area contributed by atoms with Gasteiger partial charge in [-0.3, -0.25) is 14.9 Å². The Hall–Kier alpha value is -2.83. The van der Waals surface area contributed by atoms with Crippen LogP contribution in [0.4, 0.5) is 14.5 Å². The Morgan fingerprint density at radius 1 is 1.15 bits per heavy atom. The topological polar surface area (TPSA) is 69.4 Å². The van der Waals surface area contributed by atoms with Gasteiger partial charge in [-0.15, -0.1) is 0 Å². The standard InChI is InChI=1S/C13H7F2NO4/c14-9-5-8(7-17)6-10(15)13(9)20-12-4-2-1-3-11(12)16(18)19/h1-7H. The lowest BCUT2D eigenvalue weighted by Gasteiger charge is -2.08. The fourth-order valence-electron chi connectivity index (χ4n) is 1.55. The monoisotopic (exact) mass is 279 g/mol. The molecule has 0 heterocycles. The highest BCUT2D eigenvalue weighted by atomic mass is 19.1. The Labute approximate surface area is 111 Å². The maximum Gasteiger partial charge on any atom is 0.311 e. The molecular formula is C13H7F2NO4. The van der Waals surface area contributed by atoms with Gasteiger partial charge in [-0.2, -0.15) is 0 Å². The normalized spacial score (nSPS) is 10.1. The minimum absolute atomic E-state index is 0.199. The number of halogens is 2. The SMILES string of the molecule is O=Cc1cc(F)c(Oc2ccccc2[N+](=O)[O-])c(F)c1. The van der Waals surface area contributed by atoms with Gasteiger partial charge in [0.1, 0.15) is 6.29 Å². The van der Waals surface area contributed by atoms with E-state index >= 15 is 0 Å². The van der Waals surface area contributed by atoms with Gasteiger partial charge in [-0.05, 0) is 18.2 Å². The molecule has 0 N–H and O–H groups in total. The fourth-order valence-corrected chi connectivity index (χ4v) is 1.55. The van der Waals surface area contributed by atoms with Crippen LogP contribution in [0.5, 0.6) is 11.5 Å². The second kappa shape index (κ2) is 5.43. The second-order valence-electron chi connectivity index (χ2n) is 3.76. The molecule has 0 aliphatic carbocycles. The van der Waals surface area contributed by atoms with Crippen molar-refractivity contribution in [1.82, 2.24) is 0 Å². The average molecular weight is 279 g/mol. The minimum Gasteiger partial charge on any atom is -0.444 e. The van der Waals surface area contributed by atoms with Gasteiger partial charge in [-0.25, -0.2) is 8.78 Å². The largest absolute Gasteiger partial charge is 0.444 e. The molecule has 0 bridgehead atoms. The molecule has 2 rings (SSSR count). The molecule has 0 radical (unpaired) electrons. The highest BCUT2D eigenvalue weighted by Gasteiger charge is 2.19. The van der Waals surface area contributed by atoms with Crippen molar-refractivity contribution in [3.8, 4) is 11.5 Å². The number of para-hydroxylation sites is 2. The lowest BCUT2D eigenvalue weighted by molar-refractivity contribution is -0.385. The highest BCUT2D eigenvalue weighted by Crippen LogP contribution is 2.33. The molecule has 0 atom stereocenters. The van der Waals surface area contributed by atoms with Crippen molar-refractivity contribution in [3.63, 3.8) is 0 Å². The number of rotatable bonds is 4. The van der Waals surface area contributed by atoms with Gasteiger partial charge in [0.05, 0.1) is 4.92 Å². The zero-order valence-electron chi connectivity index (χ0n) is 9.88. The number of hydrogen-bond acceptors (Lipinski definition) is 4. The Morgan fingerprint density at radius 3 is 2.30 bits per heavy atom. The third-order valence-electron chi connectivity index (χ3n) is 2.43. The molecule has 7 heteroatoms. The number of nitrogens with zero attached hydrogens (tertiary/aromatic N) is 1. The summed E-state index contributed by atoms with van der Waals surface area (Å²) >= 11 is 0. The molecule has 2 aromatic carbocycles. The molecule has 20 heavy (non-hydrogen) atoms. The van der Waals surface area contributed by atoms with Crippen molar-refractivity contribution in [2.24, 2.45) is 0 Å². The number of carbonyl (C=O) groups excluding carboxylic acids is 1. The van der Waals surface area contributed by atoms with Crippen LogP contribution in [0.2, 0.25) is 0 Å². The Balaban J connectivity index is 2.45. The average Bonchev–Trinajstić information content (AvgIpc) is 2.42. The van der Waals surface area contributed by atoms with E-state index in [-0.39, 0.29) is 17.6 Å². The van der Waals surface area contributed by atoms with Gasteiger partial charge in [0, 0.05) is 11.6 Å². The van der Waals surface area contributed by atoms with Crippen molar-refractivity contribution in [3.05, 3.63) is 63.7 Å². The van der Waals surface area contributed by atoms with Crippen LogP contribution >= 0.6 is 0 Å². The van der Waals surface area contributed by atoms with Crippen LogP contribution in [-0.4, -0.2) is 11.2 Å². The van der Waals surface area contributed by atoms with Crippen molar-refractivity contribution in [1.29, 1.82) is 0 Å². The van der Waals surface area contributed by atoms with Crippen molar-refractivity contribution < 1.29 is 23.2 Å².